The number of hydrogen-bond donors (Lipinski definition) is 2. The van der Waals surface area contributed by atoms with E-state index < -0.39 is 16.1 Å². The van der Waals surface area contributed by atoms with Gasteiger partial charge in [-0.1, -0.05) is 55.7 Å². The van der Waals surface area contributed by atoms with Crippen molar-refractivity contribution in [1.29, 1.82) is 0 Å². The van der Waals surface area contributed by atoms with E-state index in [0.717, 1.165) is 36.8 Å². The monoisotopic (exact) mass is 430 g/mol. The number of carbonyl (C=O) groups is 1. The quantitative estimate of drug-likeness (QED) is 0.673. The van der Waals surface area contributed by atoms with Crippen LogP contribution in [0.2, 0.25) is 0 Å². The van der Waals surface area contributed by atoms with Crippen LogP contribution >= 0.6 is 0 Å². The maximum atomic E-state index is 13.2. The number of benzene rings is 2. The Morgan fingerprint density at radius 2 is 1.80 bits per heavy atom. The molecule has 0 aromatic heterocycles. The molecule has 3 rings (SSSR count). The van der Waals surface area contributed by atoms with Gasteiger partial charge in [0, 0.05) is 6.04 Å². The van der Waals surface area contributed by atoms with Gasteiger partial charge in [0.1, 0.15) is 16.7 Å². The minimum Gasteiger partial charge on any atom is -0.495 e. The molecule has 162 valence electrons. The molecule has 1 aliphatic carbocycles. The van der Waals surface area contributed by atoms with E-state index in [1.165, 1.54) is 13.5 Å². The van der Waals surface area contributed by atoms with E-state index in [1.807, 2.05) is 37.3 Å². The highest BCUT2D eigenvalue weighted by Gasteiger charge is 2.29. The van der Waals surface area contributed by atoms with E-state index in [1.54, 1.807) is 18.2 Å². The lowest BCUT2D eigenvalue weighted by atomic mass is 9.95. The van der Waals surface area contributed by atoms with Crippen LogP contribution in [0.5, 0.6) is 5.75 Å². The van der Waals surface area contributed by atoms with Crippen LogP contribution in [0.4, 0.5) is 0 Å². The average molecular weight is 431 g/mol. The normalized spacial score (nSPS) is 16.1. The second kappa shape index (κ2) is 10.1. The highest BCUT2D eigenvalue weighted by Crippen LogP contribution is 2.25. The number of hydrogen-bond acceptors (Lipinski definition) is 4. The maximum Gasteiger partial charge on any atom is 0.244 e. The molecule has 1 fully saturated rings. The molecular formula is C23H30N2O4S. The van der Waals surface area contributed by atoms with Crippen LogP contribution in [0.15, 0.2) is 53.4 Å². The predicted molar refractivity (Wildman–Crippen MR) is 117 cm³/mol. The first-order valence-electron chi connectivity index (χ1n) is 10.4. The highest BCUT2D eigenvalue weighted by molar-refractivity contribution is 7.89. The minimum atomic E-state index is -3.97. The van der Waals surface area contributed by atoms with Crippen LogP contribution < -0.4 is 14.8 Å². The number of sulfonamides is 1. The molecule has 0 bridgehead atoms. The standard InChI is InChI=1S/C23H30N2O4S/c1-17-13-14-21(29-2)22(15-17)30(27,28)25-20(16-18-9-5-3-6-10-18)23(26)24-19-11-7-4-8-12-19/h3,5-6,9-10,13-15,19-20,25H,4,7-8,11-12,16H2,1-2H3,(H,24,26)/t20-/m1/s1. The minimum absolute atomic E-state index is 0.0357. The number of carbonyl (C=O) groups excluding carboxylic acids is 1. The van der Waals surface area contributed by atoms with Gasteiger partial charge in [0.25, 0.3) is 0 Å². The van der Waals surface area contributed by atoms with Crippen LogP contribution in [-0.4, -0.2) is 33.5 Å². The molecule has 2 aromatic rings. The Balaban J connectivity index is 1.85. The second-order valence-electron chi connectivity index (χ2n) is 7.86. The molecule has 6 nitrogen and oxygen atoms in total. The lowest BCUT2D eigenvalue weighted by molar-refractivity contribution is -0.123. The Kier molecular flexibility index (Phi) is 7.50. The fourth-order valence-corrected chi connectivity index (χ4v) is 5.28. The van der Waals surface area contributed by atoms with Crippen molar-refractivity contribution in [3.05, 3.63) is 59.7 Å². The fourth-order valence-electron chi connectivity index (χ4n) is 3.83. The first-order valence-corrected chi connectivity index (χ1v) is 11.9. The van der Waals surface area contributed by atoms with Gasteiger partial charge < -0.3 is 10.1 Å². The summed E-state index contributed by atoms with van der Waals surface area (Å²) in [6.07, 6.45) is 5.48. The lowest BCUT2D eigenvalue weighted by Crippen LogP contribution is -2.51. The zero-order valence-corrected chi connectivity index (χ0v) is 18.4. The molecule has 2 aromatic carbocycles. The second-order valence-corrected chi connectivity index (χ2v) is 9.54. The third-order valence-electron chi connectivity index (χ3n) is 5.46. The van der Waals surface area contributed by atoms with Crippen molar-refractivity contribution in [3.8, 4) is 5.75 Å². The zero-order chi connectivity index (χ0) is 21.6. The molecule has 1 amide bonds. The fraction of sp³-hybridized carbons (Fsp3) is 0.435. The highest BCUT2D eigenvalue weighted by atomic mass is 32.2. The molecule has 1 saturated carbocycles. The van der Waals surface area contributed by atoms with Gasteiger partial charge >= 0.3 is 0 Å². The van der Waals surface area contributed by atoms with Crippen molar-refractivity contribution >= 4 is 15.9 Å². The van der Waals surface area contributed by atoms with Gasteiger partial charge in [0.15, 0.2) is 0 Å². The van der Waals surface area contributed by atoms with Gasteiger partial charge in [-0.2, -0.15) is 4.72 Å². The third-order valence-corrected chi connectivity index (χ3v) is 6.95. The van der Waals surface area contributed by atoms with Crippen LogP contribution in [0, 0.1) is 6.92 Å². The Bertz CT molecular complexity index is 954. The molecule has 0 heterocycles. The van der Waals surface area contributed by atoms with E-state index >= 15 is 0 Å². The summed E-state index contributed by atoms with van der Waals surface area (Å²) in [7, 11) is -2.54. The van der Waals surface area contributed by atoms with Crippen LogP contribution in [0.3, 0.4) is 0 Å². The van der Waals surface area contributed by atoms with E-state index in [9.17, 15) is 13.2 Å². The Morgan fingerprint density at radius 3 is 2.47 bits per heavy atom. The lowest BCUT2D eigenvalue weighted by Gasteiger charge is -2.26. The van der Waals surface area contributed by atoms with Crippen molar-refractivity contribution in [1.82, 2.24) is 10.0 Å². The van der Waals surface area contributed by atoms with Gasteiger partial charge in [-0.15, -0.1) is 0 Å². The summed E-state index contributed by atoms with van der Waals surface area (Å²) < 4.78 is 34.3. The molecule has 7 heteroatoms. The molecule has 30 heavy (non-hydrogen) atoms. The van der Waals surface area contributed by atoms with Crippen molar-refractivity contribution < 1.29 is 17.9 Å². The van der Waals surface area contributed by atoms with E-state index in [4.69, 9.17) is 4.74 Å². The molecule has 0 saturated heterocycles. The molecule has 0 spiro atoms. The topological polar surface area (TPSA) is 84.5 Å². The largest absolute Gasteiger partial charge is 0.495 e. The molecular weight excluding hydrogens is 400 g/mol. The molecule has 1 aliphatic rings. The third kappa shape index (κ3) is 5.83. The summed E-state index contributed by atoms with van der Waals surface area (Å²) in [5.41, 5.74) is 1.68. The van der Waals surface area contributed by atoms with Gasteiger partial charge in [0.05, 0.1) is 7.11 Å². The van der Waals surface area contributed by atoms with Gasteiger partial charge in [-0.25, -0.2) is 8.42 Å². The van der Waals surface area contributed by atoms with Gasteiger partial charge in [0.2, 0.25) is 15.9 Å². The van der Waals surface area contributed by atoms with Crippen molar-refractivity contribution in [2.75, 3.05) is 7.11 Å². The molecule has 0 aliphatic heterocycles. The van der Waals surface area contributed by atoms with Gasteiger partial charge in [-0.05, 0) is 49.4 Å². The van der Waals surface area contributed by atoms with Crippen molar-refractivity contribution in [2.45, 2.75) is 62.4 Å². The summed E-state index contributed by atoms with van der Waals surface area (Å²) in [4.78, 5) is 13.1. The first-order chi connectivity index (χ1) is 14.4. The molecule has 2 N–H and O–H groups in total. The summed E-state index contributed by atoms with van der Waals surface area (Å²) in [6, 6.07) is 13.6. The van der Waals surface area contributed by atoms with E-state index in [-0.39, 0.29) is 29.0 Å². The summed E-state index contributed by atoms with van der Waals surface area (Å²) >= 11 is 0. The van der Waals surface area contributed by atoms with Gasteiger partial charge in [-0.3, -0.25) is 4.79 Å². The number of nitrogens with one attached hydrogen (secondary N) is 2. The Labute approximate surface area is 179 Å². The SMILES string of the molecule is COc1ccc(C)cc1S(=O)(=O)N[C@H](Cc1ccccc1)C(=O)NC1CCCCC1. The Morgan fingerprint density at radius 1 is 1.10 bits per heavy atom. The van der Waals surface area contributed by atoms with Crippen LogP contribution in [-0.2, 0) is 21.2 Å². The summed E-state index contributed by atoms with van der Waals surface area (Å²) in [5, 5.41) is 3.06. The number of methoxy groups -OCH3 is 1. The molecule has 0 radical (unpaired) electrons. The van der Waals surface area contributed by atoms with Crippen LogP contribution in [0.25, 0.3) is 0 Å². The molecule has 1 atom stereocenters. The zero-order valence-electron chi connectivity index (χ0n) is 17.6. The van der Waals surface area contributed by atoms with E-state index in [2.05, 4.69) is 10.0 Å². The number of rotatable bonds is 8. The van der Waals surface area contributed by atoms with Crippen molar-refractivity contribution in [3.63, 3.8) is 0 Å². The van der Waals surface area contributed by atoms with Crippen molar-refractivity contribution in [2.24, 2.45) is 0 Å². The Hall–Kier alpha value is -2.38. The summed E-state index contributed by atoms with van der Waals surface area (Å²) in [5.74, 6) is -0.0415. The number of amides is 1. The van der Waals surface area contributed by atoms with E-state index in [0.29, 0.717) is 0 Å². The maximum absolute atomic E-state index is 13.2. The predicted octanol–water partition coefficient (Wildman–Crippen LogP) is 3.34. The number of aryl methyl sites for hydroxylation is 1. The smallest absolute Gasteiger partial charge is 0.244 e. The van der Waals surface area contributed by atoms with Crippen LogP contribution in [0.1, 0.15) is 43.2 Å². The first kappa shape index (κ1) is 22.3. The molecule has 0 unspecified atom stereocenters. The number of ether oxygens (including phenoxy) is 1. The summed E-state index contributed by atoms with van der Waals surface area (Å²) in [6.45, 7) is 1.82. The average Bonchev–Trinajstić information content (AvgIpc) is 2.74.